The number of Topliss-reactive ketones (excluding diaryl/α,β-unsaturated/α-hetero) is 1. The van der Waals surface area contributed by atoms with Gasteiger partial charge in [0.15, 0.2) is 11.5 Å². The van der Waals surface area contributed by atoms with Crippen LogP contribution in [0.2, 0.25) is 0 Å². The zero-order valence-electron chi connectivity index (χ0n) is 13.3. The highest BCUT2D eigenvalue weighted by Crippen LogP contribution is 2.23. The fourth-order valence-electron chi connectivity index (χ4n) is 2.81. The number of ketones is 1. The van der Waals surface area contributed by atoms with E-state index in [0.29, 0.717) is 23.2 Å². The first-order valence-corrected chi connectivity index (χ1v) is 7.97. The van der Waals surface area contributed by atoms with Crippen molar-refractivity contribution in [2.45, 2.75) is 19.3 Å². The molecule has 0 radical (unpaired) electrons. The number of aryl methyl sites for hydroxylation is 1. The van der Waals surface area contributed by atoms with Gasteiger partial charge in [-0.1, -0.05) is 30.3 Å². The molecule has 4 rings (SSSR count). The van der Waals surface area contributed by atoms with Gasteiger partial charge in [0.1, 0.15) is 5.69 Å². The lowest BCUT2D eigenvalue weighted by Crippen LogP contribution is -2.12. The lowest BCUT2D eigenvalue weighted by atomic mass is 9.94. The number of oxazole rings is 1. The number of benzene rings is 1. The van der Waals surface area contributed by atoms with Gasteiger partial charge < -0.3 is 4.42 Å². The molecule has 0 unspecified atom stereocenters. The standard InChI is InChI=1S/C20H13FN2O2/c21-20-19(13-5-2-1-3-6-13)25-18(23-20)12-10-14-9-11-15-16(22-14)7-4-8-17(15)24/h1-3,5-6,9,11H,4,7-8H2. The Morgan fingerprint density at radius 2 is 1.84 bits per heavy atom. The van der Waals surface area contributed by atoms with E-state index in [1.165, 1.54) is 0 Å². The van der Waals surface area contributed by atoms with Crippen LogP contribution in [0.1, 0.15) is 40.5 Å². The molecule has 0 bridgehead atoms. The van der Waals surface area contributed by atoms with Crippen molar-refractivity contribution in [1.82, 2.24) is 9.97 Å². The second-order valence-electron chi connectivity index (χ2n) is 5.72. The molecule has 3 aromatic rings. The lowest BCUT2D eigenvalue weighted by Gasteiger charge is -2.12. The summed E-state index contributed by atoms with van der Waals surface area (Å²) >= 11 is 0. The highest BCUT2D eigenvalue weighted by molar-refractivity contribution is 5.98. The Hall–Kier alpha value is -3.26. The fourth-order valence-corrected chi connectivity index (χ4v) is 2.81. The van der Waals surface area contributed by atoms with E-state index in [1.54, 1.807) is 36.4 Å². The molecule has 4 nitrogen and oxygen atoms in total. The number of halogens is 1. The molecule has 0 fully saturated rings. The number of fused-ring (bicyclic) bond motifs is 1. The van der Waals surface area contributed by atoms with Gasteiger partial charge in [-0.2, -0.15) is 9.37 Å². The van der Waals surface area contributed by atoms with Crippen LogP contribution < -0.4 is 0 Å². The number of hydrogen-bond donors (Lipinski definition) is 0. The summed E-state index contributed by atoms with van der Waals surface area (Å²) in [6.07, 6.45) is 2.14. The average Bonchev–Trinajstić information content (AvgIpc) is 3.02. The summed E-state index contributed by atoms with van der Waals surface area (Å²) in [6, 6.07) is 12.3. The first-order valence-electron chi connectivity index (χ1n) is 7.97. The quantitative estimate of drug-likeness (QED) is 0.636. The molecule has 0 saturated carbocycles. The Morgan fingerprint density at radius 1 is 1.00 bits per heavy atom. The third-order valence-corrected chi connectivity index (χ3v) is 4.01. The van der Waals surface area contributed by atoms with Crippen LogP contribution in [0.4, 0.5) is 4.39 Å². The van der Waals surface area contributed by atoms with Crippen molar-refractivity contribution < 1.29 is 13.6 Å². The first kappa shape index (κ1) is 15.3. The minimum atomic E-state index is -0.695. The zero-order chi connectivity index (χ0) is 17.2. The van der Waals surface area contributed by atoms with Gasteiger partial charge >= 0.3 is 0 Å². The van der Waals surface area contributed by atoms with Gasteiger partial charge in [-0.25, -0.2) is 4.98 Å². The van der Waals surface area contributed by atoms with Gasteiger partial charge in [-0.05, 0) is 36.8 Å². The van der Waals surface area contributed by atoms with E-state index in [-0.39, 0.29) is 17.4 Å². The molecule has 0 spiro atoms. The van der Waals surface area contributed by atoms with Crippen LogP contribution in [-0.2, 0) is 6.42 Å². The maximum Gasteiger partial charge on any atom is 0.276 e. The minimum Gasteiger partial charge on any atom is -0.427 e. The van der Waals surface area contributed by atoms with Crippen LogP contribution in [0.15, 0.2) is 46.9 Å². The molecule has 2 heterocycles. The normalized spacial score (nSPS) is 13.1. The van der Waals surface area contributed by atoms with Crippen LogP contribution in [0.5, 0.6) is 0 Å². The molecule has 1 aliphatic rings. The molecule has 0 atom stereocenters. The number of hydrogen-bond acceptors (Lipinski definition) is 4. The van der Waals surface area contributed by atoms with Crippen LogP contribution >= 0.6 is 0 Å². The van der Waals surface area contributed by atoms with Gasteiger partial charge in [0.05, 0.1) is 5.69 Å². The largest absolute Gasteiger partial charge is 0.427 e. The zero-order valence-corrected chi connectivity index (χ0v) is 13.3. The number of carbonyl (C=O) groups is 1. The molecular formula is C20H13FN2O2. The number of aromatic nitrogens is 2. The third-order valence-electron chi connectivity index (χ3n) is 4.01. The molecule has 25 heavy (non-hydrogen) atoms. The summed E-state index contributed by atoms with van der Waals surface area (Å²) in [5.41, 5.74) is 2.55. The molecule has 0 N–H and O–H groups in total. The first-order chi connectivity index (χ1) is 12.2. The monoisotopic (exact) mass is 332 g/mol. The minimum absolute atomic E-state index is 0.00745. The predicted molar refractivity (Wildman–Crippen MR) is 89.4 cm³/mol. The molecule has 5 heteroatoms. The van der Waals surface area contributed by atoms with Gasteiger partial charge in [0, 0.05) is 17.5 Å². The molecular weight excluding hydrogens is 319 g/mol. The Labute approximate surface area is 143 Å². The molecule has 0 saturated heterocycles. The molecule has 122 valence electrons. The van der Waals surface area contributed by atoms with Crippen molar-refractivity contribution >= 4 is 5.78 Å². The molecule has 1 aliphatic carbocycles. The van der Waals surface area contributed by atoms with E-state index in [1.807, 2.05) is 6.07 Å². The Balaban J connectivity index is 1.63. The smallest absolute Gasteiger partial charge is 0.276 e. The van der Waals surface area contributed by atoms with Crippen molar-refractivity contribution in [2.75, 3.05) is 0 Å². The maximum atomic E-state index is 14.0. The summed E-state index contributed by atoms with van der Waals surface area (Å²) in [5.74, 6) is 5.00. The van der Waals surface area contributed by atoms with Gasteiger partial charge in [-0.15, -0.1) is 0 Å². The maximum absolute atomic E-state index is 14.0. The lowest BCUT2D eigenvalue weighted by molar-refractivity contribution is 0.0971. The Kier molecular flexibility index (Phi) is 3.87. The third kappa shape index (κ3) is 3.07. The van der Waals surface area contributed by atoms with Crippen molar-refractivity contribution in [3.05, 3.63) is 71.3 Å². The highest BCUT2D eigenvalue weighted by Gasteiger charge is 2.18. The Morgan fingerprint density at radius 3 is 2.68 bits per heavy atom. The highest BCUT2D eigenvalue weighted by atomic mass is 19.1. The molecule has 0 amide bonds. The van der Waals surface area contributed by atoms with Crippen LogP contribution in [0, 0.1) is 17.8 Å². The predicted octanol–water partition coefficient (Wildman–Crippen LogP) is 3.79. The topological polar surface area (TPSA) is 56.0 Å². The van der Waals surface area contributed by atoms with E-state index >= 15 is 0 Å². The second-order valence-corrected chi connectivity index (χ2v) is 5.72. The molecule has 1 aromatic carbocycles. The average molecular weight is 332 g/mol. The van der Waals surface area contributed by atoms with Crippen LogP contribution in [0.3, 0.4) is 0 Å². The van der Waals surface area contributed by atoms with Crippen molar-refractivity contribution in [3.8, 4) is 23.2 Å². The second kappa shape index (κ2) is 6.33. The SMILES string of the molecule is O=C1CCCc2nc(C#Cc3nc(F)c(-c4ccccc4)o3)ccc21. The number of rotatable bonds is 1. The summed E-state index contributed by atoms with van der Waals surface area (Å²) in [7, 11) is 0. The molecule has 0 aliphatic heterocycles. The summed E-state index contributed by atoms with van der Waals surface area (Å²) in [6.45, 7) is 0. The Bertz CT molecular complexity index is 1010. The summed E-state index contributed by atoms with van der Waals surface area (Å²) in [5, 5.41) is 0. The van der Waals surface area contributed by atoms with Crippen LogP contribution in [-0.4, -0.2) is 15.8 Å². The van der Waals surface area contributed by atoms with Gasteiger partial charge in [0.2, 0.25) is 0 Å². The van der Waals surface area contributed by atoms with Crippen LogP contribution in [0.25, 0.3) is 11.3 Å². The fraction of sp³-hybridized carbons (Fsp3) is 0.150. The van der Waals surface area contributed by atoms with Crippen molar-refractivity contribution in [2.24, 2.45) is 0 Å². The van der Waals surface area contributed by atoms with E-state index in [0.717, 1.165) is 18.5 Å². The van der Waals surface area contributed by atoms with E-state index in [9.17, 15) is 9.18 Å². The summed E-state index contributed by atoms with van der Waals surface area (Å²) in [4.78, 5) is 19.9. The van der Waals surface area contributed by atoms with E-state index in [2.05, 4.69) is 21.8 Å². The van der Waals surface area contributed by atoms with Gasteiger partial charge in [0.25, 0.3) is 11.8 Å². The molecule has 2 aromatic heterocycles. The van der Waals surface area contributed by atoms with E-state index in [4.69, 9.17) is 4.42 Å². The summed E-state index contributed by atoms with van der Waals surface area (Å²) < 4.78 is 19.4. The van der Waals surface area contributed by atoms with Crippen molar-refractivity contribution in [1.29, 1.82) is 0 Å². The number of carbonyl (C=O) groups excluding carboxylic acids is 1. The van der Waals surface area contributed by atoms with Crippen molar-refractivity contribution in [3.63, 3.8) is 0 Å². The van der Waals surface area contributed by atoms with E-state index < -0.39 is 5.95 Å². The number of pyridine rings is 1. The number of nitrogens with zero attached hydrogens (tertiary/aromatic N) is 2. The van der Waals surface area contributed by atoms with Gasteiger partial charge in [-0.3, -0.25) is 4.79 Å².